The van der Waals surface area contributed by atoms with Crippen molar-refractivity contribution in [2.45, 2.75) is 39.0 Å². The minimum absolute atomic E-state index is 0.600. The first-order chi connectivity index (χ1) is 8.76. The summed E-state index contributed by atoms with van der Waals surface area (Å²) in [4.78, 5) is 0. The summed E-state index contributed by atoms with van der Waals surface area (Å²) in [5.41, 5.74) is 3.92. The number of allylic oxidation sites excluding steroid dienone is 4. The molecule has 0 fully saturated rings. The monoisotopic (exact) mass is 242 g/mol. The third-order valence-corrected chi connectivity index (χ3v) is 3.71. The fourth-order valence-electron chi connectivity index (χ4n) is 2.31. The summed E-state index contributed by atoms with van der Waals surface area (Å²) in [6, 6.07) is 6.57. The van der Waals surface area contributed by atoms with E-state index >= 15 is 0 Å². The van der Waals surface area contributed by atoms with Gasteiger partial charge in [0.1, 0.15) is 5.75 Å². The van der Waals surface area contributed by atoms with Crippen LogP contribution in [-0.4, -0.2) is 7.11 Å². The predicted molar refractivity (Wildman–Crippen MR) is 78.1 cm³/mol. The lowest BCUT2D eigenvalue weighted by Gasteiger charge is -2.16. The van der Waals surface area contributed by atoms with E-state index in [2.05, 4.69) is 50.3 Å². The second-order valence-corrected chi connectivity index (χ2v) is 4.91. The van der Waals surface area contributed by atoms with E-state index in [-0.39, 0.29) is 0 Å². The van der Waals surface area contributed by atoms with Gasteiger partial charge in [0, 0.05) is 5.56 Å². The Balaban J connectivity index is 2.42. The van der Waals surface area contributed by atoms with Gasteiger partial charge in [-0.1, -0.05) is 38.1 Å². The molecule has 0 radical (unpaired) electrons. The Hall–Kier alpha value is -1.50. The van der Waals surface area contributed by atoms with E-state index < -0.39 is 0 Å². The zero-order valence-electron chi connectivity index (χ0n) is 11.6. The average Bonchev–Trinajstić information content (AvgIpc) is 2.46. The van der Waals surface area contributed by atoms with E-state index in [1.54, 1.807) is 7.11 Å². The first-order valence-corrected chi connectivity index (χ1v) is 6.81. The van der Waals surface area contributed by atoms with E-state index in [9.17, 15) is 0 Å². The minimum atomic E-state index is 0.600. The quantitative estimate of drug-likeness (QED) is 0.726. The largest absolute Gasteiger partial charge is 0.496 e. The highest BCUT2D eigenvalue weighted by molar-refractivity contribution is 5.78. The molecule has 2 rings (SSSR count). The smallest absolute Gasteiger partial charge is 0.126 e. The molecule has 0 aromatic heterocycles. The lowest BCUT2D eigenvalue weighted by molar-refractivity contribution is 0.413. The van der Waals surface area contributed by atoms with E-state index in [1.165, 1.54) is 23.1 Å². The van der Waals surface area contributed by atoms with Crippen molar-refractivity contribution in [3.63, 3.8) is 0 Å². The molecule has 1 unspecified atom stereocenters. The van der Waals surface area contributed by atoms with E-state index in [0.717, 1.165) is 18.6 Å². The lowest BCUT2D eigenvalue weighted by Crippen LogP contribution is -1.97. The number of hydrogen-bond donors (Lipinski definition) is 0. The standard InChI is InChI=1S/C17H22O/c1-4-13(2)15-10-11-17(18-3)16(12-15)14-8-6-5-7-9-14/h6,8-13H,4-5,7H2,1-3H3. The Kier molecular flexibility index (Phi) is 4.24. The van der Waals surface area contributed by atoms with Crippen molar-refractivity contribution in [1.82, 2.24) is 0 Å². The van der Waals surface area contributed by atoms with E-state index in [4.69, 9.17) is 4.74 Å². The number of methoxy groups -OCH3 is 1. The number of benzene rings is 1. The minimum Gasteiger partial charge on any atom is -0.496 e. The van der Waals surface area contributed by atoms with Gasteiger partial charge in [-0.25, -0.2) is 0 Å². The third kappa shape index (κ3) is 2.66. The number of rotatable bonds is 4. The molecule has 1 aliphatic rings. The normalized spacial score (nSPS) is 16.3. The molecule has 1 heteroatoms. The molecule has 0 aliphatic heterocycles. The van der Waals surface area contributed by atoms with Crippen LogP contribution in [0.3, 0.4) is 0 Å². The van der Waals surface area contributed by atoms with Gasteiger partial charge in [-0.05, 0) is 48.4 Å². The van der Waals surface area contributed by atoms with Gasteiger partial charge >= 0.3 is 0 Å². The van der Waals surface area contributed by atoms with Crippen molar-refractivity contribution >= 4 is 5.57 Å². The van der Waals surface area contributed by atoms with Gasteiger partial charge < -0.3 is 4.74 Å². The lowest BCUT2D eigenvalue weighted by atomic mass is 9.92. The van der Waals surface area contributed by atoms with Crippen molar-refractivity contribution < 1.29 is 4.74 Å². The summed E-state index contributed by atoms with van der Waals surface area (Å²) in [7, 11) is 1.74. The molecule has 18 heavy (non-hydrogen) atoms. The molecule has 0 heterocycles. The van der Waals surface area contributed by atoms with Gasteiger partial charge in [0.2, 0.25) is 0 Å². The van der Waals surface area contributed by atoms with Crippen LogP contribution in [0.25, 0.3) is 5.57 Å². The zero-order chi connectivity index (χ0) is 13.0. The Morgan fingerprint density at radius 2 is 2.11 bits per heavy atom. The Labute approximate surface area is 110 Å². The van der Waals surface area contributed by atoms with Gasteiger partial charge in [0.05, 0.1) is 7.11 Å². The molecule has 1 nitrogen and oxygen atoms in total. The van der Waals surface area contributed by atoms with Crippen LogP contribution >= 0.6 is 0 Å². The van der Waals surface area contributed by atoms with Crippen LogP contribution in [0, 0.1) is 0 Å². The Bertz CT molecular complexity index is 468. The SMILES string of the molecule is CCC(C)c1ccc(OC)c(C2=CCCC=C2)c1. The molecule has 0 spiro atoms. The van der Waals surface area contributed by atoms with Gasteiger partial charge in [-0.2, -0.15) is 0 Å². The molecule has 1 atom stereocenters. The molecule has 96 valence electrons. The van der Waals surface area contributed by atoms with Crippen LogP contribution in [0.5, 0.6) is 5.75 Å². The van der Waals surface area contributed by atoms with Crippen molar-refractivity contribution in [3.8, 4) is 5.75 Å². The molecule has 0 saturated carbocycles. The molecule has 0 amide bonds. The van der Waals surface area contributed by atoms with Crippen LogP contribution in [0.15, 0.2) is 36.4 Å². The summed E-state index contributed by atoms with van der Waals surface area (Å²) in [5, 5.41) is 0. The van der Waals surface area contributed by atoms with Gasteiger partial charge in [0.15, 0.2) is 0 Å². The topological polar surface area (TPSA) is 9.23 Å². The molecule has 1 aromatic rings. The Morgan fingerprint density at radius 3 is 2.72 bits per heavy atom. The zero-order valence-corrected chi connectivity index (χ0v) is 11.6. The predicted octanol–water partition coefficient (Wildman–Crippen LogP) is 4.94. The molecule has 0 saturated heterocycles. The van der Waals surface area contributed by atoms with Crippen LogP contribution in [0.1, 0.15) is 50.2 Å². The van der Waals surface area contributed by atoms with Crippen LogP contribution < -0.4 is 4.74 Å². The van der Waals surface area contributed by atoms with Crippen molar-refractivity contribution in [2.24, 2.45) is 0 Å². The highest BCUT2D eigenvalue weighted by atomic mass is 16.5. The average molecular weight is 242 g/mol. The number of hydrogen-bond acceptors (Lipinski definition) is 1. The molecule has 0 N–H and O–H groups in total. The van der Waals surface area contributed by atoms with Gasteiger partial charge in [-0.3, -0.25) is 0 Å². The second kappa shape index (κ2) is 5.90. The highest BCUT2D eigenvalue weighted by Gasteiger charge is 2.11. The van der Waals surface area contributed by atoms with Gasteiger partial charge in [0.25, 0.3) is 0 Å². The van der Waals surface area contributed by atoms with Crippen molar-refractivity contribution in [3.05, 3.63) is 47.6 Å². The molecular weight excluding hydrogens is 220 g/mol. The van der Waals surface area contributed by atoms with Crippen LogP contribution in [-0.2, 0) is 0 Å². The first kappa shape index (κ1) is 12.9. The summed E-state index contributed by atoms with van der Waals surface area (Å²) in [5.74, 6) is 1.57. The first-order valence-electron chi connectivity index (χ1n) is 6.81. The second-order valence-electron chi connectivity index (χ2n) is 4.91. The van der Waals surface area contributed by atoms with Crippen molar-refractivity contribution in [1.29, 1.82) is 0 Å². The summed E-state index contributed by atoms with van der Waals surface area (Å²) >= 11 is 0. The Morgan fingerprint density at radius 1 is 1.28 bits per heavy atom. The fourth-order valence-corrected chi connectivity index (χ4v) is 2.31. The maximum Gasteiger partial charge on any atom is 0.126 e. The highest BCUT2D eigenvalue weighted by Crippen LogP contribution is 2.32. The summed E-state index contributed by atoms with van der Waals surface area (Å²) < 4.78 is 5.49. The van der Waals surface area contributed by atoms with Crippen LogP contribution in [0.2, 0.25) is 0 Å². The van der Waals surface area contributed by atoms with Gasteiger partial charge in [-0.15, -0.1) is 0 Å². The molecule has 1 aromatic carbocycles. The van der Waals surface area contributed by atoms with Crippen molar-refractivity contribution in [2.75, 3.05) is 7.11 Å². The molecule has 1 aliphatic carbocycles. The maximum atomic E-state index is 5.49. The summed E-state index contributed by atoms with van der Waals surface area (Å²) in [6.45, 7) is 4.50. The summed E-state index contributed by atoms with van der Waals surface area (Å²) in [6.07, 6.45) is 10.2. The third-order valence-electron chi connectivity index (χ3n) is 3.71. The van der Waals surface area contributed by atoms with E-state index in [0.29, 0.717) is 5.92 Å². The molecule has 0 bridgehead atoms. The molecular formula is C17H22O. The van der Waals surface area contributed by atoms with E-state index in [1.807, 2.05) is 0 Å². The fraction of sp³-hybridized carbons (Fsp3) is 0.412. The number of ether oxygens (including phenoxy) is 1. The van der Waals surface area contributed by atoms with Crippen LogP contribution in [0.4, 0.5) is 0 Å². The maximum absolute atomic E-state index is 5.49.